The van der Waals surface area contributed by atoms with E-state index in [2.05, 4.69) is 0 Å². The average molecular weight is 204 g/mol. The number of rotatable bonds is 4. The molecule has 0 heterocycles. The van der Waals surface area contributed by atoms with E-state index in [0.717, 1.165) is 5.57 Å². The molecule has 0 aromatic carbocycles. The van der Waals surface area contributed by atoms with Crippen molar-refractivity contribution in [2.75, 3.05) is 0 Å². The number of aliphatic carboxylic acids is 1. The summed E-state index contributed by atoms with van der Waals surface area (Å²) in [4.78, 5) is 9.89. The second-order valence-electron chi connectivity index (χ2n) is 3.99. The van der Waals surface area contributed by atoms with Gasteiger partial charge in [-0.1, -0.05) is 11.6 Å². The standard InChI is InChI=1S/C10H17ClO2/c1-7(2)5-8(6-9(12)13)10(3,4)11/h5,8H,6H2,1-4H3,(H,12,13)/p-1. The van der Waals surface area contributed by atoms with Crippen LogP contribution in [0.5, 0.6) is 0 Å². The Balaban J connectivity index is 4.57. The second-order valence-corrected chi connectivity index (χ2v) is 4.97. The van der Waals surface area contributed by atoms with E-state index in [1.807, 2.05) is 33.8 Å². The van der Waals surface area contributed by atoms with Crippen molar-refractivity contribution in [1.29, 1.82) is 0 Å². The van der Waals surface area contributed by atoms with Crippen LogP contribution in [0.1, 0.15) is 34.1 Å². The molecular weight excluding hydrogens is 188 g/mol. The van der Waals surface area contributed by atoms with Gasteiger partial charge in [-0.15, -0.1) is 11.6 Å². The lowest BCUT2D eigenvalue weighted by molar-refractivity contribution is -0.306. The van der Waals surface area contributed by atoms with Crippen molar-refractivity contribution < 1.29 is 9.90 Å². The Kier molecular flexibility index (Phi) is 4.48. The van der Waals surface area contributed by atoms with Gasteiger partial charge in [0, 0.05) is 16.8 Å². The van der Waals surface area contributed by atoms with Crippen LogP contribution >= 0.6 is 11.6 Å². The first kappa shape index (κ1) is 12.5. The van der Waals surface area contributed by atoms with Crippen LogP contribution in [0.2, 0.25) is 0 Å². The van der Waals surface area contributed by atoms with Gasteiger partial charge in [0.15, 0.2) is 0 Å². The first-order chi connectivity index (χ1) is 5.73. The van der Waals surface area contributed by atoms with E-state index in [9.17, 15) is 9.90 Å². The van der Waals surface area contributed by atoms with Crippen LogP contribution in [0, 0.1) is 5.92 Å². The quantitative estimate of drug-likeness (QED) is 0.516. The van der Waals surface area contributed by atoms with Gasteiger partial charge < -0.3 is 9.90 Å². The Labute approximate surface area is 84.6 Å². The van der Waals surface area contributed by atoms with Gasteiger partial charge in [0.25, 0.3) is 0 Å². The van der Waals surface area contributed by atoms with Gasteiger partial charge in [0.2, 0.25) is 0 Å². The Bertz CT molecular complexity index is 209. The number of carbonyl (C=O) groups is 1. The van der Waals surface area contributed by atoms with Gasteiger partial charge in [-0.25, -0.2) is 0 Å². The molecule has 0 fully saturated rings. The molecule has 1 atom stereocenters. The number of halogens is 1. The lowest BCUT2D eigenvalue weighted by Crippen LogP contribution is -2.32. The highest BCUT2D eigenvalue weighted by molar-refractivity contribution is 6.23. The van der Waals surface area contributed by atoms with Gasteiger partial charge in [0.1, 0.15) is 0 Å². The summed E-state index contributed by atoms with van der Waals surface area (Å²) in [7, 11) is 0. The Hall–Kier alpha value is -0.500. The number of allylic oxidation sites excluding steroid dienone is 2. The summed E-state index contributed by atoms with van der Waals surface area (Å²) in [6, 6.07) is 0. The minimum absolute atomic E-state index is 0.0261. The smallest absolute Gasteiger partial charge is 0.0456 e. The molecule has 1 unspecified atom stereocenters. The van der Waals surface area contributed by atoms with Gasteiger partial charge >= 0.3 is 0 Å². The van der Waals surface area contributed by atoms with Crippen molar-refractivity contribution in [3.05, 3.63) is 11.6 Å². The fourth-order valence-corrected chi connectivity index (χ4v) is 1.22. The van der Waals surface area contributed by atoms with Crippen molar-refractivity contribution in [2.45, 2.75) is 39.0 Å². The van der Waals surface area contributed by atoms with E-state index in [-0.39, 0.29) is 12.3 Å². The van der Waals surface area contributed by atoms with Crippen LogP contribution in [0.3, 0.4) is 0 Å². The summed E-state index contributed by atoms with van der Waals surface area (Å²) >= 11 is 6.05. The molecule has 0 aromatic heterocycles. The molecule has 0 amide bonds. The van der Waals surface area contributed by atoms with Crippen LogP contribution < -0.4 is 5.11 Å². The molecule has 0 N–H and O–H groups in total. The van der Waals surface area contributed by atoms with Gasteiger partial charge in [-0.05, 0) is 34.1 Å². The van der Waals surface area contributed by atoms with E-state index in [0.29, 0.717) is 0 Å². The molecule has 0 rings (SSSR count). The van der Waals surface area contributed by atoms with Crippen molar-refractivity contribution in [3.8, 4) is 0 Å². The summed E-state index contributed by atoms with van der Waals surface area (Å²) in [5, 5.41) is 10.4. The molecule has 0 spiro atoms. The molecule has 0 aliphatic heterocycles. The molecule has 0 radical (unpaired) electrons. The van der Waals surface area contributed by atoms with Crippen molar-refractivity contribution in [2.24, 2.45) is 5.92 Å². The SMILES string of the molecule is CC(C)=CC(CC(=O)[O-])C(C)(C)Cl. The summed E-state index contributed by atoms with van der Waals surface area (Å²) in [6.45, 7) is 7.46. The highest BCUT2D eigenvalue weighted by atomic mass is 35.5. The van der Waals surface area contributed by atoms with E-state index >= 15 is 0 Å². The van der Waals surface area contributed by atoms with E-state index in [1.165, 1.54) is 0 Å². The zero-order chi connectivity index (χ0) is 10.6. The molecule has 0 aromatic rings. The topological polar surface area (TPSA) is 40.1 Å². The number of hydrogen-bond acceptors (Lipinski definition) is 2. The van der Waals surface area contributed by atoms with Crippen molar-refractivity contribution >= 4 is 17.6 Å². The second kappa shape index (κ2) is 4.66. The van der Waals surface area contributed by atoms with Crippen LogP contribution in [0.25, 0.3) is 0 Å². The minimum Gasteiger partial charge on any atom is -0.550 e. The third kappa shape index (κ3) is 5.69. The van der Waals surface area contributed by atoms with Gasteiger partial charge in [-0.2, -0.15) is 0 Å². The maximum atomic E-state index is 10.4. The monoisotopic (exact) mass is 203 g/mol. The van der Waals surface area contributed by atoms with Gasteiger partial charge in [-0.3, -0.25) is 0 Å². The van der Waals surface area contributed by atoms with Crippen LogP contribution in [0.15, 0.2) is 11.6 Å². The fourth-order valence-electron chi connectivity index (χ4n) is 1.08. The third-order valence-electron chi connectivity index (χ3n) is 1.80. The van der Waals surface area contributed by atoms with E-state index < -0.39 is 10.8 Å². The lowest BCUT2D eigenvalue weighted by Gasteiger charge is -2.26. The first-order valence-corrected chi connectivity index (χ1v) is 4.65. The summed E-state index contributed by atoms with van der Waals surface area (Å²) in [5.74, 6) is -1.24. The van der Waals surface area contributed by atoms with Crippen molar-refractivity contribution in [3.63, 3.8) is 0 Å². The summed E-state index contributed by atoms with van der Waals surface area (Å²) in [6.07, 6.45) is 1.85. The van der Waals surface area contributed by atoms with Gasteiger partial charge in [0.05, 0.1) is 0 Å². The number of alkyl halides is 1. The predicted molar refractivity (Wildman–Crippen MR) is 52.5 cm³/mol. The predicted octanol–water partition coefficient (Wildman–Crippen LogP) is 1.73. The molecule has 0 aliphatic carbocycles. The van der Waals surface area contributed by atoms with Crippen molar-refractivity contribution in [1.82, 2.24) is 0 Å². The van der Waals surface area contributed by atoms with Crippen LogP contribution in [-0.2, 0) is 4.79 Å². The number of carbonyl (C=O) groups excluding carboxylic acids is 1. The molecule has 0 saturated carbocycles. The summed E-state index contributed by atoms with van der Waals surface area (Å²) in [5.41, 5.74) is 1.07. The minimum atomic E-state index is -1.06. The largest absolute Gasteiger partial charge is 0.550 e. The maximum absolute atomic E-state index is 10.4. The Morgan fingerprint density at radius 2 is 2.00 bits per heavy atom. The molecule has 0 bridgehead atoms. The van der Waals surface area contributed by atoms with Crippen LogP contribution in [-0.4, -0.2) is 10.8 Å². The summed E-state index contributed by atoms with van der Waals surface area (Å²) < 4.78 is 0. The number of carboxylic acid groups (broad SMARTS) is 1. The zero-order valence-electron chi connectivity index (χ0n) is 8.56. The average Bonchev–Trinajstić information content (AvgIpc) is 1.81. The molecule has 0 aliphatic rings. The highest BCUT2D eigenvalue weighted by Crippen LogP contribution is 2.29. The molecule has 76 valence electrons. The van der Waals surface area contributed by atoms with E-state index in [4.69, 9.17) is 11.6 Å². The normalized spacial score (nSPS) is 13.6. The van der Waals surface area contributed by atoms with Crippen LogP contribution in [0.4, 0.5) is 0 Å². The Morgan fingerprint density at radius 3 is 2.23 bits per heavy atom. The number of carboxylic acids is 1. The van der Waals surface area contributed by atoms with E-state index in [1.54, 1.807) is 0 Å². The molecule has 13 heavy (non-hydrogen) atoms. The molecule has 2 nitrogen and oxygen atoms in total. The Morgan fingerprint density at radius 1 is 1.54 bits per heavy atom. The first-order valence-electron chi connectivity index (χ1n) is 4.27. The molecular formula is C10H16ClO2-. The highest BCUT2D eigenvalue weighted by Gasteiger charge is 2.24. The fraction of sp³-hybridized carbons (Fsp3) is 0.700. The molecule has 3 heteroatoms. The zero-order valence-corrected chi connectivity index (χ0v) is 9.31. The number of hydrogen-bond donors (Lipinski definition) is 0. The third-order valence-corrected chi connectivity index (χ3v) is 2.08. The lowest BCUT2D eigenvalue weighted by atomic mass is 9.90. The maximum Gasteiger partial charge on any atom is 0.0456 e. The molecule has 0 saturated heterocycles.